The van der Waals surface area contributed by atoms with Gasteiger partial charge in [-0.25, -0.2) is 4.79 Å². The number of urea groups is 1. The molecular weight excluding hydrogens is 290 g/mol. The summed E-state index contributed by atoms with van der Waals surface area (Å²) in [6, 6.07) is 6.15. The zero-order chi connectivity index (χ0) is 15.9. The van der Waals surface area contributed by atoms with E-state index >= 15 is 0 Å². The molecular formula is C16H22F2N2O2. The Morgan fingerprint density at radius 3 is 2.64 bits per heavy atom. The number of carbonyl (C=O) groups excluding carboxylic acids is 1. The summed E-state index contributed by atoms with van der Waals surface area (Å²) >= 11 is 0. The Balaban J connectivity index is 2.02. The minimum Gasteiger partial charge on any atom is -0.434 e. The van der Waals surface area contributed by atoms with Gasteiger partial charge in [0, 0.05) is 11.6 Å². The van der Waals surface area contributed by atoms with Crippen molar-refractivity contribution in [2.45, 2.75) is 57.7 Å². The lowest BCUT2D eigenvalue weighted by Crippen LogP contribution is -2.42. The highest BCUT2D eigenvalue weighted by Gasteiger charge is 2.21. The van der Waals surface area contributed by atoms with E-state index in [4.69, 9.17) is 0 Å². The van der Waals surface area contributed by atoms with Crippen molar-refractivity contribution in [3.8, 4) is 5.75 Å². The zero-order valence-corrected chi connectivity index (χ0v) is 12.6. The Kier molecular flexibility index (Phi) is 5.98. The minimum atomic E-state index is -2.88. The Labute approximate surface area is 129 Å². The van der Waals surface area contributed by atoms with E-state index in [-0.39, 0.29) is 23.9 Å². The number of hydrogen-bond donors (Lipinski definition) is 2. The topological polar surface area (TPSA) is 50.4 Å². The molecule has 0 heterocycles. The number of alkyl halides is 2. The largest absolute Gasteiger partial charge is 0.434 e. The summed E-state index contributed by atoms with van der Waals surface area (Å²) in [5.74, 6) is 0.102. The van der Waals surface area contributed by atoms with Crippen LogP contribution in [0, 0.1) is 0 Å². The van der Waals surface area contributed by atoms with Gasteiger partial charge in [0.2, 0.25) is 0 Å². The van der Waals surface area contributed by atoms with Gasteiger partial charge in [-0.2, -0.15) is 8.78 Å². The van der Waals surface area contributed by atoms with Crippen LogP contribution in [0.5, 0.6) is 5.75 Å². The number of amides is 2. The maximum atomic E-state index is 12.5. The summed E-state index contributed by atoms with van der Waals surface area (Å²) in [6.45, 7) is -0.995. The van der Waals surface area contributed by atoms with Crippen LogP contribution in [0.4, 0.5) is 13.6 Å². The Hall–Kier alpha value is -1.85. The highest BCUT2D eigenvalue weighted by Crippen LogP contribution is 2.28. The number of carbonyl (C=O) groups is 1. The molecule has 0 aromatic heterocycles. The smallest absolute Gasteiger partial charge is 0.387 e. The van der Waals surface area contributed by atoms with Crippen LogP contribution < -0.4 is 15.4 Å². The summed E-state index contributed by atoms with van der Waals surface area (Å²) in [5, 5.41) is 5.78. The van der Waals surface area contributed by atoms with E-state index in [1.165, 1.54) is 6.07 Å². The second kappa shape index (κ2) is 7.96. The van der Waals surface area contributed by atoms with Crippen molar-refractivity contribution in [3.05, 3.63) is 29.8 Å². The molecule has 2 rings (SSSR count). The number of ether oxygens (including phenoxy) is 1. The molecule has 0 spiro atoms. The number of para-hydroxylation sites is 1. The summed E-state index contributed by atoms with van der Waals surface area (Å²) in [5.41, 5.74) is 0.562. The lowest BCUT2D eigenvalue weighted by molar-refractivity contribution is -0.0506. The molecule has 4 nitrogen and oxygen atoms in total. The average Bonchev–Trinajstić information content (AvgIpc) is 2.98. The van der Waals surface area contributed by atoms with E-state index in [1.807, 2.05) is 6.92 Å². The van der Waals surface area contributed by atoms with Gasteiger partial charge in [0.05, 0.1) is 6.04 Å². The zero-order valence-electron chi connectivity index (χ0n) is 12.6. The highest BCUT2D eigenvalue weighted by atomic mass is 19.3. The first-order chi connectivity index (χ1) is 10.6. The van der Waals surface area contributed by atoms with Gasteiger partial charge >= 0.3 is 12.6 Å². The van der Waals surface area contributed by atoms with Crippen molar-refractivity contribution in [2.75, 3.05) is 0 Å². The Bertz CT molecular complexity index is 491. The quantitative estimate of drug-likeness (QED) is 0.834. The number of nitrogens with one attached hydrogen (secondary N) is 2. The molecule has 22 heavy (non-hydrogen) atoms. The Morgan fingerprint density at radius 2 is 2.00 bits per heavy atom. The van der Waals surface area contributed by atoms with E-state index in [0.29, 0.717) is 12.0 Å². The van der Waals surface area contributed by atoms with Gasteiger partial charge in [0.15, 0.2) is 0 Å². The maximum absolute atomic E-state index is 12.5. The van der Waals surface area contributed by atoms with Crippen molar-refractivity contribution < 1.29 is 18.3 Å². The van der Waals surface area contributed by atoms with Gasteiger partial charge in [-0.3, -0.25) is 0 Å². The SMILES string of the molecule is CCC(NC(=O)NC1CCCC1)c1ccccc1OC(F)F. The molecule has 0 saturated heterocycles. The van der Waals surface area contributed by atoms with Gasteiger partial charge in [-0.15, -0.1) is 0 Å². The van der Waals surface area contributed by atoms with Crippen molar-refractivity contribution in [2.24, 2.45) is 0 Å². The van der Waals surface area contributed by atoms with E-state index in [9.17, 15) is 13.6 Å². The number of rotatable bonds is 6. The molecule has 1 fully saturated rings. The van der Waals surface area contributed by atoms with Gasteiger partial charge in [-0.05, 0) is 25.3 Å². The first kappa shape index (κ1) is 16.5. The van der Waals surface area contributed by atoms with E-state index in [1.54, 1.807) is 18.2 Å². The van der Waals surface area contributed by atoms with Crippen LogP contribution in [-0.4, -0.2) is 18.7 Å². The summed E-state index contributed by atoms with van der Waals surface area (Å²) in [6.07, 6.45) is 4.84. The highest BCUT2D eigenvalue weighted by molar-refractivity contribution is 5.75. The van der Waals surface area contributed by atoms with Gasteiger partial charge < -0.3 is 15.4 Å². The fourth-order valence-corrected chi connectivity index (χ4v) is 2.83. The summed E-state index contributed by atoms with van der Waals surface area (Å²) in [4.78, 5) is 12.1. The molecule has 1 unspecified atom stereocenters. The lowest BCUT2D eigenvalue weighted by atomic mass is 10.0. The minimum absolute atomic E-state index is 0.102. The average molecular weight is 312 g/mol. The van der Waals surface area contributed by atoms with Crippen molar-refractivity contribution >= 4 is 6.03 Å². The lowest BCUT2D eigenvalue weighted by Gasteiger charge is -2.22. The van der Waals surface area contributed by atoms with Gasteiger partial charge in [0.1, 0.15) is 5.75 Å². The molecule has 1 aromatic rings. The van der Waals surface area contributed by atoms with Crippen LogP contribution in [0.1, 0.15) is 50.6 Å². The standard InChI is InChI=1S/C16H22F2N2O2/c1-2-13(20-16(21)19-11-7-3-4-8-11)12-9-5-6-10-14(12)22-15(17)18/h5-6,9-11,13,15H,2-4,7-8H2,1H3,(H2,19,20,21). The second-order valence-corrected chi connectivity index (χ2v) is 5.48. The molecule has 2 amide bonds. The third-order valence-corrected chi connectivity index (χ3v) is 3.91. The fraction of sp³-hybridized carbons (Fsp3) is 0.562. The Morgan fingerprint density at radius 1 is 1.32 bits per heavy atom. The van der Waals surface area contributed by atoms with E-state index < -0.39 is 6.61 Å². The summed E-state index contributed by atoms with van der Waals surface area (Å²) < 4.78 is 29.5. The van der Waals surface area contributed by atoms with E-state index in [2.05, 4.69) is 15.4 Å². The van der Waals surface area contributed by atoms with Gasteiger partial charge in [-0.1, -0.05) is 38.0 Å². The molecule has 1 saturated carbocycles. The molecule has 1 aliphatic carbocycles. The third kappa shape index (κ3) is 4.58. The molecule has 0 bridgehead atoms. The molecule has 122 valence electrons. The van der Waals surface area contributed by atoms with Crippen molar-refractivity contribution in [1.82, 2.24) is 10.6 Å². The fourth-order valence-electron chi connectivity index (χ4n) is 2.83. The van der Waals surface area contributed by atoms with Crippen LogP contribution in [0.2, 0.25) is 0 Å². The molecule has 0 radical (unpaired) electrons. The maximum Gasteiger partial charge on any atom is 0.387 e. The predicted octanol–water partition coefficient (Wildman–Crippen LogP) is 3.98. The molecule has 1 aliphatic rings. The number of hydrogen-bond acceptors (Lipinski definition) is 2. The monoisotopic (exact) mass is 312 g/mol. The van der Waals surface area contributed by atoms with E-state index in [0.717, 1.165) is 25.7 Å². The van der Waals surface area contributed by atoms with Crippen molar-refractivity contribution in [3.63, 3.8) is 0 Å². The first-order valence-corrected chi connectivity index (χ1v) is 7.71. The van der Waals surface area contributed by atoms with Crippen LogP contribution in [0.3, 0.4) is 0 Å². The molecule has 6 heteroatoms. The summed E-state index contributed by atoms with van der Waals surface area (Å²) in [7, 11) is 0. The predicted molar refractivity (Wildman–Crippen MR) is 80.0 cm³/mol. The van der Waals surface area contributed by atoms with Crippen LogP contribution in [-0.2, 0) is 0 Å². The molecule has 1 aromatic carbocycles. The van der Waals surface area contributed by atoms with Crippen LogP contribution >= 0.6 is 0 Å². The van der Waals surface area contributed by atoms with Crippen molar-refractivity contribution in [1.29, 1.82) is 0 Å². The molecule has 1 atom stereocenters. The number of halogens is 2. The number of benzene rings is 1. The molecule has 0 aliphatic heterocycles. The second-order valence-electron chi connectivity index (χ2n) is 5.48. The van der Waals surface area contributed by atoms with Gasteiger partial charge in [0.25, 0.3) is 0 Å². The van der Waals surface area contributed by atoms with Crippen LogP contribution in [0.25, 0.3) is 0 Å². The normalized spacial score (nSPS) is 16.5. The molecule has 2 N–H and O–H groups in total. The first-order valence-electron chi connectivity index (χ1n) is 7.71. The third-order valence-electron chi connectivity index (χ3n) is 3.91. The van der Waals surface area contributed by atoms with Crippen LogP contribution in [0.15, 0.2) is 24.3 Å².